The van der Waals surface area contributed by atoms with Gasteiger partial charge in [0, 0.05) is 12.3 Å². The standard InChI is InChI=1S/C35H39N2O13P/c1-5-47-29(39)21-48-31-32(37-20-19-28(38)36-33(37)40)49-30(35(31,41)51(42,43)44)22(2)50-34(23-9-7-6-8-10-23,24-11-15-26(45-3)16-12-24)25-13-17-27(46-4)18-14-25/h6-20,22,30-32,41H,5,21H2,1-4H3,(H,36,38,40)(H2,42,43,44)/t22?,30-,31+,32-,35+/m1/s1. The number of hydrogen-bond acceptors (Lipinski definition) is 11. The third-order valence-corrected chi connectivity index (χ3v) is 10.1. The van der Waals surface area contributed by atoms with Crippen LogP contribution in [0.5, 0.6) is 11.5 Å². The van der Waals surface area contributed by atoms with Gasteiger partial charge in [-0.1, -0.05) is 54.6 Å². The van der Waals surface area contributed by atoms with E-state index in [1.54, 1.807) is 79.7 Å². The first-order chi connectivity index (χ1) is 24.3. The van der Waals surface area contributed by atoms with Crippen molar-refractivity contribution in [2.24, 2.45) is 0 Å². The summed E-state index contributed by atoms with van der Waals surface area (Å²) < 4.78 is 48.7. The summed E-state index contributed by atoms with van der Waals surface area (Å²) in [7, 11) is -2.66. The van der Waals surface area contributed by atoms with Crippen LogP contribution in [0.1, 0.15) is 36.8 Å². The Labute approximate surface area is 292 Å². The zero-order valence-corrected chi connectivity index (χ0v) is 29.1. The Bertz CT molecular complexity index is 1910. The Morgan fingerprint density at radius 3 is 1.98 bits per heavy atom. The fourth-order valence-electron chi connectivity index (χ4n) is 6.25. The molecule has 1 aromatic heterocycles. The zero-order chi connectivity index (χ0) is 37.0. The second kappa shape index (κ2) is 15.3. The van der Waals surface area contributed by atoms with Crippen LogP contribution >= 0.6 is 7.60 Å². The van der Waals surface area contributed by atoms with E-state index in [4.69, 9.17) is 28.4 Å². The molecule has 0 bridgehead atoms. The van der Waals surface area contributed by atoms with E-state index in [9.17, 15) is 33.8 Å². The van der Waals surface area contributed by atoms with Crippen LogP contribution in [-0.2, 0) is 33.9 Å². The number of nitrogens with one attached hydrogen (secondary N) is 1. The second-order valence-corrected chi connectivity index (χ2v) is 13.5. The summed E-state index contributed by atoms with van der Waals surface area (Å²) in [6, 6.07) is 23.9. The highest BCUT2D eigenvalue weighted by Gasteiger charge is 2.69. The van der Waals surface area contributed by atoms with Crippen molar-refractivity contribution in [2.45, 2.75) is 49.3 Å². The molecule has 16 heteroatoms. The van der Waals surface area contributed by atoms with E-state index in [0.29, 0.717) is 28.2 Å². The second-order valence-electron chi connectivity index (χ2n) is 11.7. The number of aromatic amines is 1. The molecular weight excluding hydrogens is 687 g/mol. The van der Waals surface area contributed by atoms with E-state index >= 15 is 0 Å². The molecule has 1 unspecified atom stereocenters. The fraction of sp³-hybridized carbons (Fsp3) is 0.343. The predicted octanol–water partition coefficient (Wildman–Crippen LogP) is 2.66. The van der Waals surface area contributed by atoms with Gasteiger partial charge in [0.1, 0.15) is 35.9 Å². The molecule has 0 spiro atoms. The number of aliphatic hydroxyl groups is 1. The van der Waals surface area contributed by atoms with Gasteiger partial charge in [0.25, 0.3) is 5.56 Å². The van der Waals surface area contributed by atoms with Gasteiger partial charge in [-0.2, -0.15) is 0 Å². The van der Waals surface area contributed by atoms with Crippen LogP contribution in [0, 0.1) is 0 Å². The maximum atomic E-state index is 13.4. The lowest BCUT2D eigenvalue weighted by atomic mass is 9.79. The van der Waals surface area contributed by atoms with Crippen molar-refractivity contribution in [2.75, 3.05) is 27.4 Å². The highest BCUT2D eigenvalue weighted by molar-refractivity contribution is 7.53. The molecule has 5 atom stereocenters. The summed E-state index contributed by atoms with van der Waals surface area (Å²) in [6.45, 7) is 2.09. The smallest absolute Gasteiger partial charge is 0.362 e. The number of nitrogens with zero attached hydrogens (tertiary/aromatic N) is 1. The largest absolute Gasteiger partial charge is 0.497 e. The Morgan fingerprint density at radius 1 is 0.941 bits per heavy atom. The van der Waals surface area contributed by atoms with Gasteiger partial charge in [0.15, 0.2) is 6.23 Å². The molecule has 5 rings (SSSR count). The summed E-state index contributed by atoms with van der Waals surface area (Å²) in [5.41, 5.74) is -1.61. The van der Waals surface area contributed by atoms with Gasteiger partial charge in [-0.25, -0.2) is 9.59 Å². The normalized spacial score (nSPS) is 21.2. The summed E-state index contributed by atoms with van der Waals surface area (Å²) >= 11 is 0. The lowest BCUT2D eigenvalue weighted by molar-refractivity contribution is -0.157. The Hall–Kier alpha value is -4.60. The van der Waals surface area contributed by atoms with Crippen LogP contribution in [0.2, 0.25) is 0 Å². The molecule has 0 amide bonds. The van der Waals surface area contributed by atoms with Crippen LogP contribution < -0.4 is 20.7 Å². The summed E-state index contributed by atoms with van der Waals surface area (Å²) in [5, 5.41) is 9.00. The van der Waals surface area contributed by atoms with Crippen molar-refractivity contribution in [3.05, 3.63) is 129 Å². The van der Waals surface area contributed by atoms with Gasteiger partial charge in [-0.3, -0.25) is 18.9 Å². The number of carbonyl (C=O) groups excluding carboxylic acids is 1. The third kappa shape index (κ3) is 7.28. The molecule has 0 saturated carbocycles. The molecule has 4 aromatic rings. The lowest BCUT2D eigenvalue weighted by Crippen LogP contribution is -2.54. The summed E-state index contributed by atoms with van der Waals surface area (Å²) in [4.78, 5) is 61.0. The van der Waals surface area contributed by atoms with E-state index in [1.807, 2.05) is 6.07 Å². The van der Waals surface area contributed by atoms with Crippen LogP contribution in [-0.4, -0.2) is 81.5 Å². The number of H-pyrrole nitrogens is 1. The SMILES string of the molecule is CCOC(=O)CO[C@H]1[C@H](n2ccc(=O)[nH]c2=O)O[C@H](C(C)OC(c2ccccc2)(c2ccc(OC)cc2)c2ccc(OC)cc2)[C@]1(O)P(=O)(O)O. The van der Waals surface area contributed by atoms with Crippen molar-refractivity contribution >= 4 is 13.6 Å². The first-order valence-corrected chi connectivity index (χ1v) is 17.5. The van der Waals surface area contributed by atoms with E-state index in [2.05, 4.69) is 4.98 Å². The molecule has 3 aromatic carbocycles. The fourth-order valence-corrected chi connectivity index (χ4v) is 7.39. The number of hydrogen-bond donors (Lipinski definition) is 4. The molecule has 1 saturated heterocycles. The van der Waals surface area contributed by atoms with Crippen molar-refractivity contribution in [3.8, 4) is 11.5 Å². The lowest BCUT2D eigenvalue weighted by Gasteiger charge is -2.42. The van der Waals surface area contributed by atoms with Crippen molar-refractivity contribution in [3.63, 3.8) is 0 Å². The Balaban J connectivity index is 1.71. The molecule has 1 fully saturated rings. The highest BCUT2D eigenvalue weighted by Crippen LogP contribution is 2.61. The topological polar surface area (TPSA) is 205 Å². The number of benzene rings is 3. The maximum absolute atomic E-state index is 13.4. The molecule has 2 heterocycles. The van der Waals surface area contributed by atoms with Crippen molar-refractivity contribution in [1.29, 1.82) is 0 Å². The first kappa shape index (κ1) is 37.7. The predicted molar refractivity (Wildman–Crippen MR) is 181 cm³/mol. The molecule has 4 N–H and O–H groups in total. The summed E-state index contributed by atoms with van der Waals surface area (Å²) in [6.07, 6.45) is -6.15. The van der Waals surface area contributed by atoms with Gasteiger partial charge < -0.3 is 43.3 Å². The Kier molecular flexibility index (Phi) is 11.3. The van der Waals surface area contributed by atoms with Gasteiger partial charge in [-0.05, 0) is 54.8 Å². The van der Waals surface area contributed by atoms with Crippen LogP contribution in [0.4, 0.5) is 0 Å². The average molecular weight is 727 g/mol. The average Bonchev–Trinajstić information content (AvgIpc) is 3.43. The number of carbonyl (C=O) groups is 1. The summed E-state index contributed by atoms with van der Waals surface area (Å²) in [5.74, 6) is 0.191. The van der Waals surface area contributed by atoms with Crippen molar-refractivity contribution < 1.29 is 52.7 Å². The van der Waals surface area contributed by atoms with Crippen LogP contribution in [0.3, 0.4) is 0 Å². The van der Waals surface area contributed by atoms with Crippen LogP contribution in [0.15, 0.2) is 101 Å². The molecule has 51 heavy (non-hydrogen) atoms. The minimum Gasteiger partial charge on any atom is -0.497 e. The van der Waals surface area contributed by atoms with Crippen molar-refractivity contribution in [1.82, 2.24) is 9.55 Å². The number of methoxy groups -OCH3 is 2. The molecule has 1 aliphatic heterocycles. The van der Waals surface area contributed by atoms with Gasteiger partial charge in [0.05, 0.1) is 26.9 Å². The number of ether oxygens (including phenoxy) is 6. The highest BCUT2D eigenvalue weighted by atomic mass is 31.2. The number of aromatic nitrogens is 2. The van der Waals surface area contributed by atoms with Crippen LogP contribution in [0.25, 0.3) is 0 Å². The third-order valence-electron chi connectivity index (χ3n) is 8.62. The number of esters is 1. The molecule has 1 aliphatic rings. The number of rotatable bonds is 14. The molecule has 0 aliphatic carbocycles. The molecule has 0 radical (unpaired) electrons. The van der Waals surface area contributed by atoms with E-state index < -0.39 is 66.9 Å². The monoisotopic (exact) mass is 726 g/mol. The van der Waals surface area contributed by atoms with Gasteiger partial charge in [-0.15, -0.1) is 0 Å². The quantitative estimate of drug-likeness (QED) is 0.0839. The first-order valence-electron chi connectivity index (χ1n) is 15.8. The molecule has 272 valence electrons. The minimum absolute atomic E-state index is 0.0271. The van der Waals surface area contributed by atoms with E-state index in [-0.39, 0.29) is 6.61 Å². The zero-order valence-electron chi connectivity index (χ0n) is 28.2. The molecular formula is C35H39N2O13P. The molecule has 15 nitrogen and oxygen atoms in total. The van der Waals surface area contributed by atoms with Gasteiger partial charge in [0.2, 0.25) is 5.34 Å². The maximum Gasteiger partial charge on any atom is 0.362 e. The van der Waals surface area contributed by atoms with E-state index in [1.165, 1.54) is 21.1 Å². The van der Waals surface area contributed by atoms with Gasteiger partial charge >= 0.3 is 19.3 Å². The minimum atomic E-state index is -5.70. The van der Waals surface area contributed by atoms with E-state index in [0.717, 1.165) is 16.8 Å². The Morgan fingerprint density at radius 2 is 1.49 bits per heavy atom.